The molecule has 0 unspecified atom stereocenters. The van der Waals surface area contributed by atoms with E-state index in [1.807, 2.05) is 24.3 Å². The maximum atomic E-state index is 12.1. The fourth-order valence-corrected chi connectivity index (χ4v) is 2.08. The molecule has 116 valence electrons. The predicted octanol–water partition coefficient (Wildman–Crippen LogP) is 4.29. The van der Waals surface area contributed by atoms with Crippen molar-refractivity contribution in [1.29, 1.82) is 0 Å². The van der Waals surface area contributed by atoms with Gasteiger partial charge in [-0.2, -0.15) is 0 Å². The second-order valence-corrected chi connectivity index (χ2v) is 5.13. The van der Waals surface area contributed by atoms with Gasteiger partial charge in [-0.05, 0) is 30.7 Å². The molecular formula is C18H22N2O2. The second-order valence-electron chi connectivity index (χ2n) is 5.13. The molecule has 1 amide bonds. The first kappa shape index (κ1) is 16.0. The number of unbranched alkanes of at least 4 members (excludes halogenated alkanes) is 3. The van der Waals surface area contributed by atoms with E-state index in [0.717, 1.165) is 17.9 Å². The number of carbonyl (C=O) groups excluding carboxylic acids is 1. The minimum absolute atomic E-state index is 0.173. The van der Waals surface area contributed by atoms with Gasteiger partial charge in [0.2, 0.25) is 0 Å². The largest absolute Gasteiger partial charge is 0.494 e. The lowest BCUT2D eigenvalue weighted by atomic mass is 10.2. The van der Waals surface area contributed by atoms with E-state index in [2.05, 4.69) is 17.2 Å². The van der Waals surface area contributed by atoms with Crippen LogP contribution in [0.4, 0.5) is 5.69 Å². The molecule has 4 nitrogen and oxygen atoms in total. The zero-order valence-electron chi connectivity index (χ0n) is 12.9. The summed E-state index contributed by atoms with van der Waals surface area (Å²) in [6, 6.07) is 10.9. The van der Waals surface area contributed by atoms with Gasteiger partial charge >= 0.3 is 0 Å². The van der Waals surface area contributed by atoms with Crippen LogP contribution in [0, 0.1) is 0 Å². The standard InChI is InChI=1S/C18H22N2O2/c1-2-3-4-5-12-22-17-10-6-9-16(13-17)20-18(21)15-8-7-11-19-14-15/h6-11,13-14H,2-5,12H2,1H3,(H,20,21). The maximum Gasteiger partial charge on any atom is 0.257 e. The zero-order chi connectivity index (χ0) is 15.6. The second kappa shape index (κ2) is 8.82. The van der Waals surface area contributed by atoms with Crippen molar-refractivity contribution in [2.45, 2.75) is 32.6 Å². The number of aromatic nitrogens is 1. The van der Waals surface area contributed by atoms with Crippen LogP contribution in [0.3, 0.4) is 0 Å². The molecule has 1 N–H and O–H groups in total. The van der Waals surface area contributed by atoms with Crippen molar-refractivity contribution in [2.24, 2.45) is 0 Å². The smallest absolute Gasteiger partial charge is 0.257 e. The quantitative estimate of drug-likeness (QED) is 0.739. The summed E-state index contributed by atoms with van der Waals surface area (Å²) in [4.78, 5) is 16.0. The van der Waals surface area contributed by atoms with Gasteiger partial charge in [0.1, 0.15) is 5.75 Å². The molecule has 1 aromatic heterocycles. The van der Waals surface area contributed by atoms with Crippen LogP contribution in [-0.4, -0.2) is 17.5 Å². The third-order valence-electron chi connectivity index (χ3n) is 3.28. The van der Waals surface area contributed by atoms with Crippen molar-refractivity contribution in [2.75, 3.05) is 11.9 Å². The number of hydrogen-bond acceptors (Lipinski definition) is 3. The van der Waals surface area contributed by atoms with Crippen LogP contribution in [-0.2, 0) is 0 Å². The van der Waals surface area contributed by atoms with E-state index in [0.29, 0.717) is 12.2 Å². The third kappa shape index (κ3) is 5.20. The highest BCUT2D eigenvalue weighted by Crippen LogP contribution is 2.18. The topological polar surface area (TPSA) is 51.2 Å². The first-order chi connectivity index (χ1) is 10.8. The Morgan fingerprint density at radius 1 is 1.18 bits per heavy atom. The maximum absolute atomic E-state index is 12.1. The van der Waals surface area contributed by atoms with E-state index in [1.165, 1.54) is 19.3 Å². The van der Waals surface area contributed by atoms with E-state index >= 15 is 0 Å². The summed E-state index contributed by atoms with van der Waals surface area (Å²) in [6.45, 7) is 2.90. The first-order valence-corrected chi connectivity index (χ1v) is 7.74. The number of rotatable bonds is 8. The molecule has 1 heterocycles. The van der Waals surface area contributed by atoms with Gasteiger partial charge < -0.3 is 10.1 Å². The SMILES string of the molecule is CCCCCCOc1cccc(NC(=O)c2cccnc2)c1. The number of benzene rings is 1. The molecule has 4 heteroatoms. The minimum atomic E-state index is -0.173. The molecule has 22 heavy (non-hydrogen) atoms. The average Bonchev–Trinajstić information content (AvgIpc) is 2.56. The van der Waals surface area contributed by atoms with Crippen molar-refractivity contribution in [3.8, 4) is 5.75 Å². The van der Waals surface area contributed by atoms with Crippen LogP contribution in [0.1, 0.15) is 43.0 Å². The van der Waals surface area contributed by atoms with Crippen molar-refractivity contribution in [3.05, 3.63) is 54.4 Å². The number of nitrogens with one attached hydrogen (secondary N) is 1. The van der Waals surface area contributed by atoms with Gasteiger partial charge in [-0.25, -0.2) is 0 Å². The number of amides is 1. The van der Waals surface area contributed by atoms with Gasteiger partial charge in [0.05, 0.1) is 12.2 Å². The van der Waals surface area contributed by atoms with Gasteiger partial charge in [-0.15, -0.1) is 0 Å². The monoisotopic (exact) mass is 298 g/mol. The lowest BCUT2D eigenvalue weighted by Gasteiger charge is -2.09. The molecule has 0 spiro atoms. The van der Waals surface area contributed by atoms with Crippen LogP contribution in [0.25, 0.3) is 0 Å². The Bertz CT molecular complexity index is 585. The summed E-state index contributed by atoms with van der Waals surface area (Å²) in [6.07, 6.45) is 7.89. The molecule has 0 aliphatic heterocycles. The van der Waals surface area contributed by atoms with Crippen molar-refractivity contribution >= 4 is 11.6 Å². The van der Waals surface area contributed by atoms with E-state index in [-0.39, 0.29) is 5.91 Å². The Morgan fingerprint density at radius 2 is 2.09 bits per heavy atom. The number of anilines is 1. The summed E-state index contributed by atoms with van der Waals surface area (Å²) >= 11 is 0. The number of pyridine rings is 1. The zero-order valence-corrected chi connectivity index (χ0v) is 12.9. The molecule has 2 rings (SSSR count). The lowest BCUT2D eigenvalue weighted by Crippen LogP contribution is -2.12. The van der Waals surface area contributed by atoms with E-state index < -0.39 is 0 Å². The summed E-state index contributed by atoms with van der Waals surface area (Å²) < 4.78 is 5.72. The van der Waals surface area contributed by atoms with Crippen molar-refractivity contribution in [1.82, 2.24) is 4.98 Å². The Morgan fingerprint density at radius 3 is 2.86 bits per heavy atom. The average molecular weight is 298 g/mol. The van der Waals surface area contributed by atoms with Crippen LogP contribution in [0.15, 0.2) is 48.8 Å². The Kier molecular flexibility index (Phi) is 6.42. The van der Waals surface area contributed by atoms with Gasteiger partial charge in [0.25, 0.3) is 5.91 Å². The Balaban J connectivity index is 1.87. The van der Waals surface area contributed by atoms with Crippen molar-refractivity contribution in [3.63, 3.8) is 0 Å². The van der Waals surface area contributed by atoms with Crippen LogP contribution in [0.5, 0.6) is 5.75 Å². The summed E-state index contributed by atoms with van der Waals surface area (Å²) in [7, 11) is 0. The highest BCUT2D eigenvalue weighted by molar-refractivity contribution is 6.04. The highest BCUT2D eigenvalue weighted by Gasteiger charge is 2.06. The molecule has 0 bridgehead atoms. The Hall–Kier alpha value is -2.36. The minimum Gasteiger partial charge on any atom is -0.494 e. The predicted molar refractivity (Wildman–Crippen MR) is 88.3 cm³/mol. The molecule has 0 radical (unpaired) electrons. The number of carbonyl (C=O) groups is 1. The fourth-order valence-electron chi connectivity index (χ4n) is 2.08. The highest BCUT2D eigenvalue weighted by atomic mass is 16.5. The van der Waals surface area contributed by atoms with Gasteiger partial charge in [-0.3, -0.25) is 9.78 Å². The molecule has 2 aromatic rings. The summed E-state index contributed by atoms with van der Waals surface area (Å²) in [5, 5.41) is 2.85. The first-order valence-electron chi connectivity index (χ1n) is 7.74. The molecule has 0 aliphatic rings. The number of nitrogens with zero attached hydrogens (tertiary/aromatic N) is 1. The third-order valence-corrected chi connectivity index (χ3v) is 3.28. The van der Waals surface area contributed by atoms with Crippen molar-refractivity contribution < 1.29 is 9.53 Å². The number of hydrogen-bond donors (Lipinski definition) is 1. The molecule has 1 aromatic carbocycles. The van der Waals surface area contributed by atoms with Crippen LogP contribution in [0.2, 0.25) is 0 Å². The molecular weight excluding hydrogens is 276 g/mol. The van der Waals surface area contributed by atoms with Crippen LogP contribution < -0.4 is 10.1 Å². The van der Waals surface area contributed by atoms with Crippen LogP contribution >= 0.6 is 0 Å². The lowest BCUT2D eigenvalue weighted by molar-refractivity contribution is 0.102. The molecule has 0 atom stereocenters. The molecule has 0 aliphatic carbocycles. The van der Waals surface area contributed by atoms with E-state index in [4.69, 9.17) is 4.74 Å². The molecule has 0 saturated heterocycles. The van der Waals surface area contributed by atoms with Gasteiger partial charge in [0, 0.05) is 24.1 Å². The summed E-state index contributed by atoms with van der Waals surface area (Å²) in [5.41, 5.74) is 1.26. The van der Waals surface area contributed by atoms with E-state index in [1.54, 1.807) is 24.5 Å². The summed E-state index contributed by atoms with van der Waals surface area (Å²) in [5.74, 6) is 0.605. The van der Waals surface area contributed by atoms with E-state index in [9.17, 15) is 4.79 Å². The Labute approximate surface area is 131 Å². The fraction of sp³-hybridized carbons (Fsp3) is 0.333. The number of ether oxygens (including phenoxy) is 1. The molecule has 0 fully saturated rings. The molecule has 0 saturated carbocycles. The normalized spacial score (nSPS) is 10.2. The van der Waals surface area contributed by atoms with Gasteiger partial charge in [0.15, 0.2) is 0 Å². The van der Waals surface area contributed by atoms with Gasteiger partial charge in [-0.1, -0.05) is 32.3 Å².